The van der Waals surface area contributed by atoms with Crippen molar-refractivity contribution < 1.29 is 0 Å². The summed E-state index contributed by atoms with van der Waals surface area (Å²) in [6.07, 6.45) is 0. The van der Waals surface area contributed by atoms with E-state index >= 15 is 0 Å². The molecule has 0 atom stereocenters. The molecule has 0 aliphatic rings. The highest BCUT2D eigenvalue weighted by Crippen LogP contribution is 2.41. The van der Waals surface area contributed by atoms with Crippen LogP contribution in [0.15, 0.2) is 212 Å². The lowest BCUT2D eigenvalue weighted by molar-refractivity contribution is 1.07. The van der Waals surface area contributed by atoms with Gasteiger partial charge in [-0.1, -0.05) is 194 Å². The summed E-state index contributed by atoms with van der Waals surface area (Å²) in [5.41, 5.74) is 11.2. The summed E-state index contributed by atoms with van der Waals surface area (Å²) >= 11 is 0. The Hall–Kier alpha value is -8.73. The Morgan fingerprint density at radius 1 is 0.242 bits per heavy atom. The third kappa shape index (κ3) is 7.63. The number of aromatic nitrogens is 6. The molecule has 62 heavy (non-hydrogen) atoms. The maximum atomic E-state index is 10.5. The van der Waals surface area contributed by atoms with Gasteiger partial charge in [-0.3, -0.25) is 0 Å². The summed E-state index contributed by atoms with van der Waals surface area (Å²) in [6.45, 7) is 0. The van der Waals surface area contributed by atoms with Gasteiger partial charge in [0.1, 0.15) is 0 Å². The molecule has 0 amide bonds. The number of rotatable bonds is 9. The van der Waals surface area contributed by atoms with Crippen molar-refractivity contribution in [1.29, 1.82) is 5.26 Å². The molecule has 0 unspecified atom stereocenters. The van der Waals surface area contributed by atoms with E-state index in [2.05, 4.69) is 48.5 Å². The fourth-order valence-electron chi connectivity index (χ4n) is 7.62. The predicted molar refractivity (Wildman–Crippen MR) is 247 cm³/mol. The molecule has 10 aromatic rings. The highest BCUT2D eigenvalue weighted by Gasteiger charge is 2.21. The molecule has 7 heteroatoms. The summed E-state index contributed by atoms with van der Waals surface area (Å²) in [5.74, 6) is 3.30. The van der Waals surface area contributed by atoms with Gasteiger partial charge >= 0.3 is 0 Å². The van der Waals surface area contributed by atoms with Gasteiger partial charge < -0.3 is 0 Å². The Labute approximate surface area is 359 Å². The first-order chi connectivity index (χ1) is 30.7. The van der Waals surface area contributed by atoms with E-state index in [1.807, 2.05) is 170 Å². The van der Waals surface area contributed by atoms with Crippen molar-refractivity contribution in [3.63, 3.8) is 0 Å². The van der Waals surface area contributed by atoms with Crippen LogP contribution in [0.2, 0.25) is 0 Å². The van der Waals surface area contributed by atoms with Gasteiger partial charge in [-0.2, -0.15) is 5.26 Å². The third-order valence-corrected chi connectivity index (χ3v) is 10.7. The first kappa shape index (κ1) is 37.5. The largest absolute Gasteiger partial charge is 0.208 e. The molecule has 7 nitrogen and oxygen atoms in total. The number of hydrogen-bond donors (Lipinski definition) is 0. The molecule has 0 aliphatic carbocycles. The van der Waals surface area contributed by atoms with Crippen LogP contribution in [0.4, 0.5) is 0 Å². The van der Waals surface area contributed by atoms with Crippen molar-refractivity contribution in [2.75, 3.05) is 0 Å². The lowest BCUT2D eigenvalue weighted by Gasteiger charge is -2.17. The van der Waals surface area contributed by atoms with Crippen LogP contribution >= 0.6 is 0 Å². The van der Waals surface area contributed by atoms with Crippen LogP contribution in [0.25, 0.3) is 102 Å². The van der Waals surface area contributed by atoms with Gasteiger partial charge in [-0.05, 0) is 46.0 Å². The number of hydrogen-bond acceptors (Lipinski definition) is 7. The van der Waals surface area contributed by atoms with Gasteiger partial charge in [0.25, 0.3) is 0 Å². The minimum atomic E-state index is 0.506. The van der Waals surface area contributed by atoms with Crippen LogP contribution in [-0.2, 0) is 0 Å². The maximum absolute atomic E-state index is 10.5. The Morgan fingerprint density at radius 3 is 1.15 bits per heavy atom. The van der Waals surface area contributed by atoms with Gasteiger partial charge in [0.15, 0.2) is 34.9 Å². The monoisotopic (exact) mass is 793 g/mol. The number of nitriles is 1. The Morgan fingerprint density at radius 2 is 0.613 bits per heavy atom. The van der Waals surface area contributed by atoms with E-state index in [4.69, 9.17) is 29.9 Å². The third-order valence-electron chi connectivity index (χ3n) is 10.7. The zero-order valence-corrected chi connectivity index (χ0v) is 33.3. The van der Waals surface area contributed by atoms with Crippen molar-refractivity contribution in [2.24, 2.45) is 0 Å². The average molecular weight is 794 g/mol. The van der Waals surface area contributed by atoms with Gasteiger partial charge in [-0.25, -0.2) is 29.9 Å². The molecule has 0 bridgehead atoms. The van der Waals surface area contributed by atoms with E-state index in [1.54, 1.807) is 0 Å². The zero-order valence-electron chi connectivity index (χ0n) is 33.3. The van der Waals surface area contributed by atoms with Crippen LogP contribution in [0.1, 0.15) is 5.56 Å². The molecule has 8 aromatic carbocycles. The lowest BCUT2D eigenvalue weighted by Crippen LogP contribution is -2.02. The molecular weight excluding hydrogens is 759 g/mol. The average Bonchev–Trinajstić information content (AvgIpc) is 3.37. The summed E-state index contributed by atoms with van der Waals surface area (Å²) in [7, 11) is 0. The molecule has 0 N–H and O–H groups in total. The molecule has 0 saturated carbocycles. The minimum absolute atomic E-state index is 0.506. The van der Waals surface area contributed by atoms with Crippen LogP contribution in [0.5, 0.6) is 0 Å². The summed E-state index contributed by atoms with van der Waals surface area (Å²) < 4.78 is 0. The fraction of sp³-hybridized carbons (Fsp3) is 0. The Bertz CT molecular complexity index is 3180. The minimum Gasteiger partial charge on any atom is -0.208 e. The number of benzene rings is 8. The molecule has 0 aliphatic heterocycles. The van der Waals surface area contributed by atoms with Gasteiger partial charge in [0.05, 0.1) is 11.6 Å². The lowest BCUT2D eigenvalue weighted by atomic mass is 9.88. The molecule has 10 rings (SSSR count). The Balaban J connectivity index is 1.17. The first-order valence-corrected chi connectivity index (χ1v) is 20.3. The topological polar surface area (TPSA) is 101 Å². The van der Waals surface area contributed by atoms with E-state index in [9.17, 15) is 5.26 Å². The van der Waals surface area contributed by atoms with E-state index in [0.29, 0.717) is 40.5 Å². The van der Waals surface area contributed by atoms with Crippen molar-refractivity contribution in [3.05, 3.63) is 218 Å². The smallest absolute Gasteiger partial charge is 0.164 e. The first-order valence-electron chi connectivity index (χ1n) is 20.3. The molecule has 2 heterocycles. The van der Waals surface area contributed by atoms with Crippen LogP contribution in [-0.4, -0.2) is 29.9 Å². The summed E-state index contributed by atoms with van der Waals surface area (Å²) in [6, 6.07) is 72.8. The second kappa shape index (κ2) is 16.9. The van der Waals surface area contributed by atoms with Gasteiger partial charge in [0, 0.05) is 38.9 Å². The van der Waals surface area contributed by atoms with E-state index < -0.39 is 0 Å². The van der Waals surface area contributed by atoms with E-state index in [0.717, 1.165) is 66.8 Å². The van der Waals surface area contributed by atoms with E-state index in [1.165, 1.54) is 0 Å². The standard InChI is InChI=1S/C55H35N7/c56-36-44-26-13-14-29-45(44)49-35-43(54-59-50(38-20-7-2-8-21-38)58-53(60-54)42-28-17-27-41(34-42)37-18-5-1-6-19-37)32-33-47(49)46-30-15-16-31-48(46)55-61-51(39-22-9-3-10-23-39)57-52(62-55)40-24-11-4-12-25-40/h1-35H. The molecule has 0 spiro atoms. The van der Waals surface area contributed by atoms with Crippen molar-refractivity contribution in [3.8, 4) is 108 Å². The summed E-state index contributed by atoms with van der Waals surface area (Å²) in [4.78, 5) is 30.4. The number of nitrogens with zero attached hydrogens (tertiary/aromatic N) is 7. The van der Waals surface area contributed by atoms with Gasteiger partial charge in [-0.15, -0.1) is 0 Å². The van der Waals surface area contributed by atoms with Gasteiger partial charge in [0.2, 0.25) is 0 Å². The molecule has 0 fully saturated rings. The molecule has 290 valence electrons. The fourth-order valence-corrected chi connectivity index (χ4v) is 7.62. The highest BCUT2D eigenvalue weighted by atomic mass is 15.0. The molecular formula is C55H35N7. The molecule has 2 aromatic heterocycles. The van der Waals surface area contributed by atoms with Crippen molar-refractivity contribution in [1.82, 2.24) is 29.9 Å². The van der Waals surface area contributed by atoms with Crippen LogP contribution < -0.4 is 0 Å². The van der Waals surface area contributed by atoms with Crippen LogP contribution in [0.3, 0.4) is 0 Å². The maximum Gasteiger partial charge on any atom is 0.164 e. The Kier molecular flexibility index (Phi) is 10.2. The second-order valence-corrected chi connectivity index (χ2v) is 14.6. The molecule has 0 radical (unpaired) electrons. The van der Waals surface area contributed by atoms with Crippen molar-refractivity contribution >= 4 is 0 Å². The second-order valence-electron chi connectivity index (χ2n) is 14.6. The summed E-state index contributed by atoms with van der Waals surface area (Å²) in [5, 5.41) is 10.5. The molecule has 0 saturated heterocycles. The highest BCUT2D eigenvalue weighted by molar-refractivity contribution is 5.94. The van der Waals surface area contributed by atoms with E-state index in [-0.39, 0.29) is 0 Å². The quantitative estimate of drug-likeness (QED) is 0.143. The van der Waals surface area contributed by atoms with Crippen molar-refractivity contribution in [2.45, 2.75) is 0 Å². The zero-order chi connectivity index (χ0) is 41.7. The predicted octanol–water partition coefficient (Wildman–Crippen LogP) is 12.9. The SMILES string of the molecule is N#Cc1ccccc1-c1cc(-c2nc(-c3ccccc3)nc(-c3cccc(-c4ccccc4)c3)n2)ccc1-c1ccccc1-c1nc(-c2ccccc2)nc(-c2ccccc2)n1. The normalized spacial score (nSPS) is 10.9. The van der Waals surface area contributed by atoms with Crippen LogP contribution in [0, 0.1) is 11.3 Å².